The van der Waals surface area contributed by atoms with E-state index in [1.807, 2.05) is 4.90 Å². The molecule has 0 spiro atoms. The van der Waals surface area contributed by atoms with E-state index in [4.69, 9.17) is 19.6 Å². The number of benzene rings is 1. The number of carbonyl (C=O) groups is 1. The van der Waals surface area contributed by atoms with Gasteiger partial charge < -0.3 is 29.8 Å². The van der Waals surface area contributed by atoms with Crippen molar-refractivity contribution in [3.05, 3.63) is 48.4 Å². The molecular formula is C30H35F2N11O4. The first-order valence-corrected chi connectivity index (χ1v) is 15.5. The van der Waals surface area contributed by atoms with Crippen molar-refractivity contribution < 1.29 is 27.5 Å². The molecule has 0 unspecified atom stereocenters. The van der Waals surface area contributed by atoms with Crippen LogP contribution in [0.15, 0.2) is 41.1 Å². The molecule has 1 aromatic carbocycles. The normalized spacial score (nSPS) is 16.3. The number of amides is 1. The van der Waals surface area contributed by atoms with Gasteiger partial charge in [0.1, 0.15) is 5.82 Å². The van der Waals surface area contributed by atoms with Crippen molar-refractivity contribution in [3.63, 3.8) is 0 Å². The summed E-state index contributed by atoms with van der Waals surface area (Å²) in [7, 11) is 0. The average Bonchev–Trinajstić information content (AvgIpc) is 3.85. The van der Waals surface area contributed by atoms with Crippen LogP contribution in [0, 0.1) is 11.6 Å². The fourth-order valence-corrected chi connectivity index (χ4v) is 5.82. The number of nitrogens with zero attached hydrogens (tertiary/aromatic N) is 9. The van der Waals surface area contributed by atoms with Crippen molar-refractivity contribution in [2.45, 2.75) is 6.54 Å². The molecule has 4 aromatic heterocycles. The molecule has 2 aliphatic heterocycles. The molecule has 3 N–H and O–H groups in total. The largest absolute Gasteiger partial charge is 0.481 e. The highest BCUT2D eigenvalue weighted by Crippen LogP contribution is 2.29. The first-order valence-electron chi connectivity index (χ1n) is 15.5. The number of rotatable bonds is 11. The summed E-state index contributed by atoms with van der Waals surface area (Å²) in [5, 5.41) is 12.4. The van der Waals surface area contributed by atoms with Gasteiger partial charge in [0.2, 0.25) is 11.8 Å². The zero-order chi connectivity index (χ0) is 32.3. The number of fused-ring (bicyclic) bond motifs is 3. The Hall–Kier alpha value is -4.87. The van der Waals surface area contributed by atoms with E-state index in [0.717, 1.165) is 19.2 Å². The van der Waals surface area contributed by atoms with E-state index in [0.29, 0.717) is 93.8 Å². The Bertz CT molecular complexity index is 1850. The van der Waals surface area contributed by atoms with Crippen molar-refractivity contribution in [2.75, 3.05) is 89.4 Å². The Morgan fingerprint density at radius 3 is 2.57 bits per heavy atom. The number of halogens is 2. The molecule has 6 heterocycles. The van der Waals surface area contributed by atoms with Crippen molar-refractivity contribution in [1.82, 2.24) is 44.5 Å². The second kappa shape index (κ2) is 13.5. The Kier molecular flexibility index (Phi) is 8.82. The lowest BCUT2D eigenvalue weighted by Gasteiger charge is -2.36. The summed E-state index contributed by atoms with van der Waals surface area (Å²) in [6, 6.07) is 5.66. The maximum Gasteiger partial charge on any atom is 0.257 e. The molecule has 17 heteroatoms. The standard InChI is InChI=1S/C30H35F2N11O4/c31-21-16-22(32)25(47-19-26(44)34-3-4-39-11-14-45-15-12-39)17-23(21)41-8-5-40(6-9-41)7-10-42-28-20(18-35-42)29-36-27(24-2-1-13-46-24)38-43(29)30(33)37-28/h1-2,13,16-18H,3-12,14-15,19H2,(H2,33,37)(H,34,44). The topological polar surface area (TPSA) is 157 Å². The summed E-state index contributed by atoms with van der Waals surface area (Å²) in [4.78, 5) is 27.7. The van der Waals surface area contributed by atoms with Crippen molar-refractivity contribution in [2.24, 2.45) is 0 Å². The number of carbonyl (C=O) groups excluding carboxylic acids is 1. The van der Waals surface area contributed by atoms with Gasteiger partial charge in [-0.3, -0.25) is 14.6 Å². The Morgan fingerprint density at radius 2 is 1.79 bits per heavy atom. The van der Waals surface area contributed by atoms with Crippen LogP contribution in [-0.4, -0.2) is 124 Å². The summed E-state index contributed by atoms with van der Waals surface area (Å²) < 4.78 is 48.9. The van der Waals surface area contributed by atoms with E-state index in [1.165, 1.54) is 10.6 Å². The fourth-order valence-electron chi connectivity index (χ4n) is 5.82. The van der Waals surface area contributed by atoms with Gasteiger partial charge in [0.05, 0.1) is 43.3 Å². The molecule has 15 nitrogen and oxygen atoms in total. The van der Waals surface area contributed by atoms with Gasteiger partial charge in [-0.1, -0.05) is 0 Å². The van der Waals surface area contributed by atoms with Gasteiger partial charge in [0.25, 0.3) is 5.91 Å². The number of hydrogen-bond donors (Lipinski definition) is 2. The Balaban J connectivity index is 0.927. The molecule has 2 fully saturated rings. The number of piperazine rings is 1. The Labute approximate surface area is 267 Å². The number of nitrogens with two attached hydrogens (primary N) is 1. The maximum atomic E-state index is 14.9. The highest BCUT2D eigenvalue weighted by Gasteiger charge is 2.23. The van der Waals surface area contributed by atoms with Gasteiger partial charge in [-0.25, -0.2) is 18.4 Å². The monoisotopic (exact) mass is 651 g/mol. The van der Waals surface area contributed by atoms with Crippen LogP contribution in [0.3, 0.4) is 0 Å². The molecule has 0 atom stereocenters. The van der Waals surface area contributed by atoms with Crippen LogP contribution in [0.2, 0.25) is 0 Å². The van der Waals surface area contributed by atoms with Crippen LogP contribution in [0.1, 0.15) is 0 Å². The molecule has 5 aromatic rings. The lowest BCUT2D eigenvalue weighted by molar-refractivity contribution is -0.123. The van der Waals surface area contributed by atoms with Crippen LogP contribution in [0.5, 0.6) is 5.75 Å². The van der Waals surface area contributed by atoms with Gasteiger partial charge in [-0.15, -0.1) is 5.10 Å². The van der Waals surface area contributed by atoms with Gasteiger partial charge in [-0.05, 0) is 12.1 Å². The second-order valence-corrected chi connectivity index (χ2v) is 11.4. The predicted octanol–water partition coefficient (Wildman–Crippen LogP) is 1.24. The number of anilines is 2. The van der Waals surface area contributed by atoms with E-state index in [-0.39, 0.29) is 29.9 Å². The van der Waals surface area contributed by atoms with Crippen molar-refractivity contribution >= 4 is 34.2 Å². The molecule has 0 radical (unpaired) electrons. The third-order valence-electron chi connectivity index (χ3n) is 8.39. The highest BCUT2D eigenvalue weighted by atomic mass is 19.1. The van der Waals surface area contributed by atoms with Crippen LogP contribution in [0.4, 0.5) is 20.4 Å². The summed E-state index contributed by atoms with van der Waals surface area (Å²) >= 11 is 0. The minimum absolute atomic E-state index is 0.164. The van der Waals surface area contributed by atoms with Crippen LogP contribution in [0.25, 0.3) is 28.3 Å². The van der Waals surface area contributed by atoms with E-state index >= 15 is 0 Å². The minimum atomic E-state index is -0.854. The number of aromatic nitrogens is 6. The molecule has 0 bridgehead atoms. The van der Waals surface area contributed by atoms with Gasteiger partial charge in [0.15, 0.2) is 35.2 Å². The molecule has 2 aliphatic rings. The Morgan fingerprint density at radius 1 is 0.979 bits per heavy atom. The third-order valence-corrected chi connectivity index (χ3v) is 8.39. The first kappa shape index (κ1) is 30.8. The number of nitrogens with one attached hydrogen (secondary N) is 1. The van der Waals surface area contributed by atoms with Gasteiger partial charge >= 0.3 is 0 Å². The molecule has 47 heavy (non-hydrogen) atoms. The number of hydrogen-bond acceptors (Lipinski definition) is 12. The summed E-state index contributed by atoms with van der Waals surface area (Å²) in [6.45, 7) is 7.32. The quantitative estimate of drug-likeness (QED) is 0.211. The minimum Gasteiger partial charge on any atom is -0.481 e. The SMILES string of the molecule is Nc1nc2c(cnn2CCN2CCN(c3cc(OCC(=O)NCCN4CCOCC4)c(F)cc3F)CC2)c2nc(-c3ccco3)nn12. The van der Waals surface area contributed by atoms with Crippen LogP contribution in [-0.2, 0) is 16.1 Å². The fraction of sp³-hybridized carbons (Fsp3) is 0.433. The maximum absolute atomic E-state index is 14.9. The zero-order valence-corrected chi connectivity index (χ0v) is 25.6. The van der Waals surface area contributed by atoms with E-state index in [1.54, 1.807) is 29.3 Å². The summed E-state index contributed by atoms with van der Waals surface area (Å²) in [5.41, 5.74) is 7.58. The van der Waals surface area contributed by atoms with Crippen LogP contribution >= 0.6 is 0 Å². The van der Waals surface area contributed by atoms with Gasteiger partial charge in [0, 0.05) is 71.0 Å². The molecule has 7 rings (SSSR count). The number of morpholine rings is 1. The van der Waals surface area contributed by atoms with Gasteiger partial charge in [-0.2, -0.15) is 14.6 Å². The number of furan rings is 1. The lowest BCUT2D eigenvalue weighted by atomic mass is 10.2. The molecule has 1 amide bonds. The molecular weight excluding hydrogens is 616 g/mol. The molecule has 0 aliphatic carbocycles. The first-order chi connectivity index (χ1) is 22.9. The smallest absolute Gasteiger partial charge is 0.257 e. The average molecular weight is 652 g/mol. The number of ether oxygens (including phenoxy) is 2. The van der Waals surface area contributed by atoms with E-state index in [2.05, 4.69) is 35.3 Å². The summed E-state index contributed by atoms with van der Waals surface area (Å²) in [6.07, 6.45) is 3.25. The highest BCUT2D eigenvalue weighted by molar-refractivity contribution is 5.90. The van der Waals surface area contributed by atoms with E-state index < -0.39 is 11.6 Å². The third kappa shape index (κ3) is 6.68. The van der Waals surface area contributed by atoms with Crippen molar-refractivity contribution in [1.29, 1.82) is 0 Å². The predicted molar refractivity (Wildman–Crippen MR) is 167 cm³/mol. The summed E-state index contributed by atoms with van der Waals surface area (Å²) in [5.74, 6) is -0.963. The van der Waals surface area contributed by atoms with E-state index in [9.17, 15) is 13.6 Å². The van der Waals surface area contributed by atoms with Crippen molar-refractivity contribution in [3.8, 4) is 17.3 Å². The second-order valence-electron chi connectivity index (χ2n) is 11.4. The zero-order valence-electron chi connectivity index (χ0n) is 25.6. The molecule has 0 saturated carbocycles. The molecule has 248 valence electrons. The number of nitrogen functional groups attached to an aromatic ring is 1. The molecule has 2 saturated heterocycles. The lowest BCUT2D eigenvalue weighted by Crippen LogP contribution is -2.47. The van der Waals surface area contributed by atoms with Crippen LogP contribution < -0.4 is 20.7 Å².